The van der Waals surface area contributed by atoms with Gasteiger partial charge in [-0.2, -0.15) is 0 Å². The third-order valence-corrected chi connectivity index (χ3v) is 3.20. The number of nitrogens with zero attached hydrogens (tertiary/aromatic N) is 2. The van der Waals surface area contributed by atoms with Crippen LogP contribution in [-0.4, -0.2) is 47.0 Å². The highest BCUT2D eigenvalue weighted by Gasteiger charge is 2.08. The molecule has 20 heavy (non-hydrogen) atoms. The molecule has 0 spiro atoms. The number of hydrogen-bond donors (Lipinski definition) is 1. The number of hydrogen-bond acceptors (Lipinski definition) is 4. The van der Waals surface area contributed by atoms with Crippen molar-refractivity contribution in [3.63, 3.8) is 0 Å². The molecule has 0 saturated carbocycles. The van der Waals surface area contributed by atoms with E-state index < -0.39 is 0 Å². The van der Waals surface area contributed by atoms with Crippen LogP contribution in [0.25, 0.3) is 11.0 Å². The summed E-state index contributed by atoms with van der Waals surface area (Å²) in [6.07, 6.45) is 0. The number of imidazole rings is 1. The van der Waals surface area contributed by atoms with Gasteiger partial charge in [0.2, 0.25) is 5.78 Å². The number of nitrogens with one attached hydrogen (secondary N) is 1. The lowest BCUT2D eigenvalue weighted by molar-refractivity contribution is 0.0637. The first kappa shape index (κ1) is 12.7. The van der Waals surface area contributed by atoms with Gasteiger partial charge >= 0.3 is 0 Å². The van der Waals surface area contributed by atoms with Crippen LogP contribution in [0.15, 0.2) is 18.2 Å². The summed E-state index contributed by atoms with van der Waals surface area (Å²) in [5, 5.41) is 0. The van der Waals surface area contributed by atoms with Crippen molar-refractivity contribution in [2.24, 2.45) is 0 Å². The molecule has 2 aromatic rings. The Morgan fingerprint density at radius 2 is 2.20 bits per heavy atom. The molecule has 0 atom stereocenters. The number of H-pyrrole nitrogens is 1. The van der Waals surface area contributed by atoms with Crippen LogP contribution in [0.5, 0.6) is 0 Å². The van der Waals surface area contributed by atoms with Crippen LogP contribution in [-0.2, 0) is 4.74 Å². The van der Waals surface area contributed by atoms with Crippen LogP contribution in [0, 0.1) is 18.9 Å². The Morgan fingerprint density at radius 1 is 1.40 bits per heavy atom. The molecule has 1 aliphatic rings. The highest BCUT2D eigenvalue weighted by atomic mass is 16.5. The van der Waals surface area contributed by atoms with Gasteiger partial charge in [-0.15, -0.1) is 0 Å². The largest absolute Gasteiger partial charge is 0.378 e. The Balaban J connectivity index is 1.79. The highest BCUT2D eigenvalue weighted by Crippen LogP contribution is 2.13. The Morgan fingerprint density at radius 3 is 3.00 bits per heavy atom. The molecular formula is C15H15N3O2. The van der Waals surface area contributed by atoms with E-state index in [4.69, 9.17) is 4.74 Å². The zero-order valence-electron chi connectivity index (χ0n) is 11.3. The maximum absolute atomic E-state index is 12.1. The van der Waals surface area contributed by atoms with Gasteiger partial charge in [-0.25, -0.2) is 4.98 Å². The number of ketones is 1. The topological polar surface area (TPSA) is 58.2 Å². The molecule has 1 aromatic carbocycles. The number of carbonyl (C=O) groups excluding carboxylic acids is 1. The number of aromatic amines is 1. The van der Waals surface area contributed by atoms with Gasteiger partial charge in [-0.1, -0.05) is 0 Å². The predicted octanol–water partition coefficient (Wildman–Crippen LogP) is 1.35. The molecule has 1 saturated heterocycles. The van der Waals surface area contributed by atoms with Crippen molar-refractivity contribution in [2.45, 2.75) is 6.92 Å². The van der Waals surface area contributed by atoms with E-state index in [0.29, 0.717) is 18.8 Å². The van der Waals surface area contributed by atoms with E-state index in [2.05, 4.69) is 21.9 Å². The summed E-state index contributed by atoms with van der Waals surface area (Å²) < 4.78 is 5.24. The van der Waals surface area contributed by atoms with Crippen molar-refractivity contribution in [3.8, 4) is 12.0 Å². The van der Waals surface area contributed by atoms with Gasteiger partial charge in [-0.05, 0) is 31.0 Å². The number of morpholine rings is 1. The molecule has 0 bridgehead atoms. The van der Waals surface area contributed by atoms with Crippen LogP contribution in [0.3, 0.4) is 0 Å². The van der Waals surface area contributed by atoms with E-state index in [-0.39, 0.29) is 5.78 Å². The predicted molar refractivity (Wildman–Crippen MR) is 75.3 cm³/mol. The molecule has 3 rings (SSSR count). The third kappa shape index (κ3) is 2.65. The first-order valence-corrected chi connectivity index (χ1v) is 6.57. The molecule has 1 N–H and O–H groups in total. The monoisotopic (exact) mass is 269 g/mol. The number of ether oxygens (including phenoxy) is 1. The van der Waals surface area contributed by atoms with Crippen LogP contribution >= 0.6 is 0 Å². The lowest BCUT2D eigenvalue weighted by atomic mass is 10.1. The molecule has 102 valence electrons. The maximum atomic E-state index is 12.1. The number of Topliss-reactive ketones (excluding diaryl/α,β-unsaturated/α-hetero) is 1. The Bertz CT molecular complexity index is 703. The number of aryl methyl sites for hydroxylation is 1. The normalized spacial score (nSPS) is 14.9. The summed E-state index contributed by atoms with van der Waals surface area (Å²) in [5.74, 6) is 3.35. The zero-order valence-corrected chi connectivity index (χ0v) is 11.3. The van der Waals surface area contributed by atoms with E-state index in [0.717, 1.165) is 29.9 Å². The average molecular weight is 269 g/mol. The lowest BCUT2D eigenvalue weighted by Crippen LogP contribution is -2.32. The minimum atomic E-state index is -0.175. The van der Waals surface area contributed by atoms with E-state index in [1.165, 1.54) is 0 Å². The van der Waals surface area contributed by atoms with Crippen molar-refractivity contribution >= 4 is 16.8 Å². The van der Waals surface area contributed by atoms with Crippen LogP contribution in [0.4, 0.5) is 0 Å². The van der Waals surface area contributed by atoms with Crippen molar-refractivity contribution in [3.05, 3.63) is 29.6 Å². The molecule has 5 heteroatoms. The van der Waals surface area contributed by atoms with Gasteiger partial charge in [-0.3, -0.25) is 4.79 Å². The van der Waals surface area contributed by atoms with Crippen molar-refractivity contribution in [1.82, 2.24) is 14.9 Å². The first-order chi connectivity index (χ1) is 9.72. The summed E-state index contributed by atoms with van der Waals surface area (Å²) in [7, 11) is 0. The molecule has 1 fully saturated rings. The summed E-state index contributed by atoms with van der Waals surface area (Å²) in [6.45, 7) is 4.72. The Hall–Kier alpha value is -2.32. The second-order valence-electron chi connectivity index (χ2n) is 4.72. The minimum Gasteiger partial charge on any atom is -0.378 e. The fourth-order valence-electron chi connectivity index (χ4n) is 2.16. The number of benzene rings is 1. The third-order valence-electron chi connectivity index (χ3n) is 3.20. The number of aromatic nitrogens is 2. The Labute approximate surface area is 116 Å². The minimum absolute atomic E-state index is 0.175. The molecule has 2 heterocycles. The summed E-state index contributed by atoms with van der Waals surface area (Å²) in [4.78, 5) is 21.4. The number of rotatable bonds is 1. The fourth-order valence-corrected chi connectivity index (χ4v) is 2.16. The van der Waals surface area contributed by atoms with Gasteiger partial charge < -0.3 is 14.6 Å². The smallest absolute Gasteiger partial charge is 0.237 e. The fraction of sp³-hybridized carbons (Fsp3) is 0.333. The summed E-state index contributed by atoms with van der Waals surface area (Å²) in [5.41, 5.74) is 2.31. The highest BCUT2D eigenvalue weighted by molar-refractivity contribution is 6.10. The molecule has 0 amide bonds. The van der Waals surface area contributed by atoms with Crippen LogP contribution in [0.2, 0.25) is 0 Å². The van der Waals surface area contributed by atoms with E-state index in [1.807, 2.05) is 17.9 Å². The van der Waals surface area contributed by atoms with Crippen molar-refractivity contribution < 1.29 is 9.53 Å². The quantitative estimate of drug-likeness (QED) is 0.627. The van der Waals surface area contributed by atoms with E-state index >= 15 is 0 Å². The van der Waals surface area contributed by atoms with Gasteiger partial charge in [0.15, 0.2) is 0 Å². The first-order valence-electron chi connectivity index (χ1n) is 6.57. The molecule has 1 aliphatic heterocycles. The lowest BCUT2D eigenvalue weighted by Gasteiger charge is -2.22. The summed E-state index contributed by atoms with van der Waals surface area (Å²) >= 11 is 0. The second-order valence-corrected chi connectivity index (χ2v) is 4.72. The zero-order chi connectivity index (χ0) is 13.9. The Kier molecular flexibility index (Phi) is 3.40. The molecule has 5 nitrogen and oxygen atoms in total. The van der Waals surface area contributed by atoms with E-state index in [1.54, 1.807) is 12.1 Å². The SMILES string of the molecule is Cc1nc2ccc(C(=O)C#CN3CCOCC3)cc2[nH]1. The number of carbonyl (C=O) groups is 1. The number of fused-ring (bicyclic) bond motifs is 1. The standard InChI is InChI=1S/C15H15N3O2/c1-11-16-13-3-2-12(10-14(13)17-11)15(19)4-5-18-6-8-20-9-7-18/h2-3,10H,6-9H2,1H3,(H,16,17). The molecule has 0 aliphatic carbocycles. The molecule has 0 radical (unpaired) electrons. The van der Waals surface area contributed by atoms with Gasteiger partial charge in [0.1, 0.15) is 5.82 Å². The average Bonchev–Trinajstić information content (AvgIpc) is 2.85. The van der Waals surface area contributed by atoms with Crippen LogP contribution in [0.1, 0.15) is 16.2 Å². The van der Waals surface area contributed by atoms with Gasteiger partial charge in [0, 0.05) is 24.7 Å². The summed E-state index contributed by atoms with van der Waals surface area (Å²) in [6, 6.07) is 8.30. The van der Waals surface area contributed by atoms with Crippen molar-refractivity contribution in [1.29, 1.82) is 0 Å². The maximum Gasteiger partial charge on any atom is 0.237 e. The molecular weight excluding hydrogens is 254 g/mol. The second kappa shape index (κ2) is 5.35. The van der Waals surface area contributed by atoms with E-state index in [9.17, 15) is 4.79 Å². The molecule has 0 unspecified atom stereocenters. The van der Waals surface area contributed by atoms with Crippen LogP contribution < -0.4 is 0 Å². The molecule has 1 aromatic heterocycles. The van der Waals surface area contributed by atoms with Gasteiger partial charge in [0.05, 0.1) is 24.2 Å². The van der Waals surface area contributed by atoms with Gasteiger partial charge in [0.25, 0.3) is 0 Å². The van der Waals surface area contributed by atoms with Crippen molar-refractivity contribution in [2.75, 3.05) is 26.3 Å².